The summed E-state index contributed by atoms with van der Waals surface area (Å²) < 4.78 is 6.90. The summed E-state index contributed by atoms with van der Waals surface area (Å²) in [4.78, 5) is 23.1. The third kappa shape index (κ3) is 3.15. The van der Waals surface area contributed by atoms with Gasteiger partial charge in [-0.25, -0.2) is 9.97 Å². The quantitative estimate of drug-likeness (QED) is 0.671. The van der Waals surface area contributed by atoms with Gasteiger partial charge in [0.1, 0.15) is 10.8 Å². The molecule has 128 valence electrons. The van der Waals surface area contributed by atoms with Crippen LogP contribution in [0.4, 0.5) is 5.82 Å². The minimum Gasteiger partial charge on any atom is -0.372 e. The molecule has 0 spiro atoms. The normalized spacial score (nSPS) is 20.8. The molecule has 0 radical (unpaired) electrons. The van der Waals surface area contributed by atoms with Crippen LogP contribution in [0.5, 0.6) is 0 Å². The number of ether oxygens (including phenoxy) is 1. The number of pyridine rings is 1. The van der Waals surface area contributed by atoms with Gasteiger partial charge in [0, 0.05) is 24.8 Å². The number of fused-ring (bicyclic) bond motifs is 1. The van der Waals surface area contributed by atoms with Crippen molar-refractivity contribution in [3.63, 3.8) is 0 Å². The highest BCUT2D eigenvalue weighted by Gasteiger charge is 2.25. The van der Waals surface area contributed by atoms with Crippen molar-refractivity contribution in [3.8, 4) is 10.6 Å². The van der Waals surface area contributed by atoms with Gasteiger partial charge in [0.05, 0.1) is 28.0 Å². The Hall–Kier alpha value is -2.31. The number of carbonyl (C=O) groups is 1. The molecule has 0 saturated carbocycles. The molecule has 0 N–H and O–H groups in total. The average molecular weight is 353 g/mol. The molecule has 5 nitrogen and oxygen atoms in total. The first-order valence-electron chi connectivity index (χ1n) is 8.35. The van der Waals surface area contributed by atoms with Crippen LogP contribution in [-0.4, -0.2) is 41.6 Å². The minimum absolute atomic E-state index is 0.119. The highest BCUT2D eigenvalue weighted by Crippen LogP contribution is 2.32. The number of para-hydroxylation sites is 1. The second-order valence-corrected chi connectivity index (χ2v) is 7.43. The van der Waals surface area contributed by atoms with Crippen molar-refractivity contribution in [2.24, 2.45) is 0 Å². The molecule has 3 aromatic rings. The monoisotopic (exact) mass is 353 g/mol. The average Bonchev–Trinajstić information content (AvgIpc) is 3.04. The number of benzene rings is 1. The Morgan fingerprint density at radius 3 is 2.72 bits per heavy atom. The molecule has 1 aliphatic rings. The van der Waals surface area contributed by atoms with E-state index in [1.165, 1.54) is 0 Å². The van der Waals surface area contributed by atoms with E-state index < -0.39 is 0 Å². The van der Waals surface area contributed by atoms with Gasteiger partial charge in [0.15, 0.2) is 6.29 Å². The Morgan fingerprint density at radius 2 is 2.00 bits per heavy atom. The summed E-state index contributed by atoms with van der Waals surface area (Å²) >= 11 is 1.61. The topological polar surface area (TPSA) is 55.3 Å². The molecule has 0 bridgehead atoms. The van der Waals surface area contributed by atoms with E-state index in [0.717, 1.165) is 46.0 Å². The van der Waals surface area contributed by atoms with Crippen LogP contribution < -0.4 is 4.90 Å². The van der Waals surface area contributed by atoms with E-state index >= 15 is 0 Å². The van der Waals surface area contributed by atoms with E-state index in [9.17, 15) is 4.79 Å². The smallest absolute Gasteiger partial charge is 0.153 e. The van der Waals surface area contributed by atoms with E-state index in [2.05, 4.69) is 20.9 Å². The molecule has 1 aromatic carbocycles. The Bertz CT molecular complexity index is 881. The minimum atomic E-state index is 0.119. The molecule has 25 heavy (non-hydrogen) atoms. The molecule has 1 aliphatic heterocycles. The van der Waals surface area contributed by atoms with E-state index in [4.69, 9.17) is 4.74 Å². The van der Waals surface area contributed by atoms with Gasteiger partial charge in [-0.3, -0.25) is 4.79 Å². The number of morpholine rings is 1. The number of rotatable bonds is 3. The summed E-state index contributed by atoms with van der Waals surface area (Å²) in [7, 11) is 0. The molecule has 2 atom stereocenters. The van der Waals surface area contributed by atoms with Gasteiger partial charge in [0.2, 0.25) is 0 Å². The van der Waals surface area contributed by atoms with Crippen molar-refractivity contribution >= 4 is 33.7 Å². The van der Waals surface area contributed by atoms with E-state index in [-0.39, 0.29) is 12.2 Å². The lowest BCUT2D eigenvalue weighted by molar-refractivity contribution is -0.00549. The Balaban J connectivity index is 1.71. The van der Waals surface area contributed by atoms with Crippen molar-refractivity contribution in [2.45, 2.75) is 26.1 Å². The standard InChI is InChI=1S/C19H19N3O2S/c1-12-9-22(10-13(2)24-12)18-15(11-23)7-14(8-20-18)19-21-16-5-3-4-6-17(16)25-19/h3-8,11-13H,9-10H2,1-2H3/t12-,13+. The fraction of sp³-hybridized carbons (Fsp3) is 0.316. The summed E-state index contributed by atoms with van der Waals surface area (Å²) in [5, 5.41) is 0.882. The van der Waals surface area contributed by atoms with Crippen LogP contribution in [0.1, 0.15) is 24.2 Å². The Morgan fingerprint density at radius 1 is 1.24 bits per heavy atom. The van der Waals surface area contributed by atoms with E-state index in [0.29, 0.717) is 5.56 Å². The van der Waals surface area contributed by atoms with Crippen molar-refractivity contribution < 1.29 is 9.53 Å². The summed E-state index contributed by atoms with van der Waals surface area (Å²) in [5.74, 6) is 0.724. The van der Waals surface area contributed by atoms with Gasteiger partial charge in [-0.1, -0.05) is 12.1 Å². The lowest BCUT2D eigenvalue weighted by atomic mass is 10.1. The second kappa shape index (κ2) is 6.54. The lowest BCUT2D eigenvalue weighted by Crippen LogP contribution is -2.46. The number of anilines is 1. The zero-order valence-corrected chi connectivity index (χ0v) is 15.0. The van der Waals surface area contributed by atoms with Crippen LogP contribution >= 0.6 is 11.3 Å². The predicted molar refractivity (Wildman–Crippen MR) is 100 cm³/mol. The van der Waals surface area contributed by atoms with Gasteiger partial charge >= 0.3 is 0 Å². The maximum Gasteiger partial charge on any atom is 0.153 e. The predicted octanol–water partition coefficient (Wildman–Crippen LogP) is 3.78. The van der Waals surface area contributed by atoms with Crippen LogP contribution in [0, 0.1) is 0 Å². The highest BCUT2D eigenvalue weighted by molar-refractivity contribution is 7.21. The molecular formula is C19H19N3O2S. The Labute approximate surface area is 150 Å². The van der Waals surface area contributed by atoms with Crippen LogP contribution in [0.3, 0.4) is 0 Å². The lowest BCUT2D eigenvalue weighted by Gasteiger charge is -2.36. The first-order chi connectivity index (χ1) is 12.1. The van der Waals surface area contributed by atoms with Gasteiger partial charge in [0.25, 0.3) is 0 Å². The number of aldehydes is 1. The van der Waals surface area contributed by atoms with Gasteiger partial charge in [-0.05, 0) is 32.0 Å². The molecule has 0 amide bonds. The molecule has 3 heterocycles. The first kappa shape index (κ1) is 16.2. The third-order valence-corrected chi connectivity index (χ3v) is 5.37. The maximum absolute atomic E-state index is 11.7. The van der Waals surface area contributed by atoms with Crippen LogP contribution in [-0.2, 0) is 4.74 Å². The van der Waals surface area contributed by atoms with Crippen LogP contribution in [0.2, 0.25) is 0 Å². The molecule has 6 heteroatoms. The zero-order valence-electron chi connectivity index (χ0n) is 14.2. The van der Waals surface area contributed by atoms with E-state index in [1.54, 1.807) is 11.3 Å². The van der Waals surface area contributed by atoms with Crippen molar-refractivity contribution in [1.82, 2.24) is 9.97 Å². The molecule has 0 unspecified atom stereocenters. The van der Waals surface area contributed by atoms with Crippen molar-refractivity contribution in [1.29, 1.82) is 0 Å². The second-order valence-electron chi connectivity index (χ2n) is 6.40. The summed E-state index contributed by atoms with van der Waals surface area (Å²) in [6.45, 7) is 5.55. The number of hydrogen-bond donors (Lipinski definition) is 0. The SMILES string of the molecule is C[C@@H]1CN(c2ncc(-c3nc4ccccc4s3)cc2C=O)C[C@H](C)O1. The molecule has 2 aromatic heterocycles. The van der Waals surface area contributed by atoms with Crippen LogP contribution in [0.15, 0.2) is 36.5 Å². The van der Waals surface area contributed by atoms with Crippen LogP contribution in [0.25, 0.3) is 20.8 Å². The summed E-state index contributed by atoms with van der Waals surface area (Å²) in [6.07, 6.45) is 2.93. The summed E-state index contributed by atoms with van der Waals surface area (Å²) in [6, 6.07) is 9.91. The van der Waals surface area contributed by atoms with Crippen molar-refractivity contribution in [3.05, 3.63) is 42.1 Å². The highest BCUT2D eigenvalue weighted by atomic mass is 32.1. The number of nitrogens with zero attached hydrogens (tertiary/aromatic N) is 3. The molecular weight excluding hydrogens is 334 g/mol. The Kier molecular flexibility index (Phi) is 4.23. The number of aromatic nitrogens is 2. The molecule has 0 aliphatic carbocycles. The molecule has 1 saturated heterocycles. The van der Waals surface area contributed by atoms with Crippen molar-refractivity contribution in [2.75, 3.05) is 18.0 Å². The number of thiazole rings is 1. The first-order valence-corrected chi connectivity index (χ1v) is 9.17. The van der Waals surface area contributed by atoms with E-state index in [1.807, 2.05) is 44.3 Å². The number of hydrogen-bond acceptors (Lipinski definition) is 6. The molecule has 4 rings (SSSR count). The fourth-order valence-electron chi connectivity index (χ4n) is 3.29. The zero-order chi connectivity index (χ0) is 17.4. The maximum atomic E-state index is 11.7. The third-order valence-electron chi connectivity index (χ3n) is 4.28. The van der Waals surface area contributed by atoms with Gasteiger partial charge < -0.3 is 9.64 Å². The molecule has 1 fully saturated rings. The fourth-order valence-corrected chi connectivity index (χ4v) is 4.24. The summed E-state index contributed by atoms with van der Waals surface area (Å²) in [5.41, 5.74) is 2.44. The van der Waals surface area contributed by atoms with Gasteiger partial charge in [-0.15, -0.1) is 11.3 Å². The number of carbonyl (C=O) groups excluding carboxylic acids is 1. The largest absolute Gasteiger partial charge is 0.372 e. The van der Waals surface area contributed by atoms with Gasteiger partial charge in [-0.2, -0.15) is 0 Å².